The summed E-state index contributed by atoms with van der Waals surface area (Å²) in [5.74, 6) is -1.53. The molecule has 3 aromatic carbocycles. The van der Waals surface area contributed by atoms with Gasteiger partial charge in [0.15, 0.2) is 0 Å². The van der Waals surface area contributed by atoms with Crippen LogP contribution in [0.3, 0.4) is 0 Å². The summed E-state index contributed by atoms with van der Waals surface area (Å²) in [5, 5.41) is 12.3. The first-order valence-corrected chi connectivity index (χ1v) is 14.2. The van der Waals surface area contributed by atoms with Crippen LogP contribution in [0, 0.1) is 5.92 Å². The maximum Gasteiger partial charge on any atom is 0.407 e. The van der Waals surface area contributed by atoms with Gasteiger partial charge in [-0.15, -0.1) is 0 Å². The highest BCUT2D eigenvalue weighted by Crippen LogP contribution is 2.44. The molecule has 2 amide bonds. The SMILES string of the molecule is O=C(O)CCN(Cc1ccccc1)C(=O)[C@@H]1CCCCC[C@@H]1NC(=O)OCC1c2ccccc2-c2ccccc21. The number of alkyl carbamates (subject to hydrolysis) is 1. The van der Waals surface area contributed by atoms with Crippen LogP contribution in [0.5, 0.6) is 0 Å². The predicted octanol–water partition coefficient (Wildman–Crippen LogP) is 5.98. The Balaban J connectivity index is 1.27. The number of nitrogens with one attached hydrogen (secondary N) is 1. The van der Waals surface area contributed by atoms with Crippen molar-refractivity contribution in [1.82, 2.24) is 10.2 Å². The number of carbonyl (C=O) groups is 3. The molecular formula is C33H36N2O5. The van der Waals surface area contributed by atoms with E-state index in [1.165, 1.54) is 11.1 Å². The Hall–Kier alpha value is -4.13. The molecule has 1 saturated carbocycles. The maximum absolute atomic E-state index is 13.8. The highest BCUT2D eigenvalue weighted by Gasteiger charge is 2.35. The number of amides is 2. The molecule has 7 heteroatoms. The summed E-state index contributed by atoms with van der Waals surface area (Å²) in [4.78, 5) is 39.9. The monoisotopic (exact) mass is 540 g/mol. The van der Waals surface area contributed by atoms with E-state index in [4.69, 9.17) is 4.74 Å². The zero-order valence-electron chi connectivity index (χ0n) is 22.6. The lowest BCUT2D eigenvalue weighted by Crippen LogP contribution is -2.48. The van der Waals surface area contributed by atoms with Crippen molar-refractivity contribution >= 4 is 18.0 Å². The minimum absolute atomic E-state index is 0.0397. The third kappa shape index (κ3) is 6.36. The van der Waals surface area contributed by atoms with Gasteiger partial charge in [-0.2, -0.15) is 0 Å². The molecule has 0 aliphatic heterocycles. The minimum Gasteiger partial charge on any atom is -0.481 e. The van der Waals surface area contributed by atoms with Crippen LogP contribution >= 0.6 is 0 Å². The van der Waals surface area contributed by atoms with Crippen molar-refractivity contribution < 1.29 is 24.2 Å². The van der Waals surface area contributed by atoms with Gasteiger partial charge in [0.2, 0.25) is 5.91 Å². The number of benzene rings is 3. The van der Waals surface area contributed by atoms with Crippen LogP contribution in [0.4, 0.5) is 4.79 Å². The zero-order chi connectivity index (χ0) is 27.9. The first kappa shape index (κ1) is 27.4. The first-order chi connectivity index (χ1) is 19.5. The molecule has 40 heavy (non-hydrogen) atoms. The average molecular weight is 541 g/mol. The number of carbonyl (C=O) groups excluding carboxylic acids is 2. The van der Waals surface area contributed by atoms with Crippen molar-refractivity contribution in [3.8, 4) is 11.1 Å². The van der Waals surface area contributed by atoms with Gasteiger partial charge in [0.05, 0.1) is 12.3 Å². The van der Waals surface area contributed by atoms with Crippen molar-refractivity contribution in [2.24, 2.45) is 5.92 Å². The quantitative estimate of drug-likeness (QED) is 0.326. The number of nitrogens with zero attached hydrogens (tertiary/aromatic N) is 1. The number of ether oxygens (including phenoxy) is 1. The van der Waals surface area contributed by atoms with E-state index in [9.17, 15) is 19.5 Å². The van der Waals surface area contributed by atoms with E-state index in [-0.39, 0.29) is 37.4 Å². The van der Waals surface area contributed by atoms with E-state index in [1.54, 1.807) is 4.90 Å². The largest absolute Gasteiger partial charge is 0.481 e. The van der Waals surface area contributed by atoms with Gasteiger partial charge in [-0.25, -0.2) is 4.79 Å². The van der Waals surface area contributed by atoms with Crippen LogP contribution in [0.1, 0.15) is 61.1 Å². The van der Waals surface area contributed by atoms with Gasteiger partial charge in [0.1, 0.15) is 6.61 Å². The van der Waals surface area contributed by atoms with Gasteiger partial charge >= 0.3 is 12.1 Å². The lowest BCUT2D eigenvalue weighted by atomic mass is 9.93. The molecule has 0 saturated heterocycles. The van der Waals surface area contributed by atoms with Crippen LogP contribution in [0.2, 0.25) is 0 Å². The summed E-state index contributed by atoms with van der Waals surface area (Å²) in [7, 11) is 0. The smallest absolute Gasteiger partial charge is 0.407 e. The van der Waals surface area contributed by atoms with Gasteiger partial charge in [0, 0.05) is 25.0 Å². The third-order valence-corrected chi connectivity index (χ3v) is 8.10. The van der Waals surface area contributed by atoms with E-state index in [2.05, 4.69) is 29.6 Å². The van der Waals surface area contributed by atoms with Crippen molar-refractivity contribution in [2.45, 2.75) is 57.0 Å². The lowest BCUT2D eigenvalue weighted by molar-refractivity contribution is -0.140. The summed E-state index contributed by atoms with van der Waals surface area (Å²) in [5.41, 5.74) is 5.57. The molecule has 2 aliphatic carbocycles. The van der Waals surface area contributed by atoms with Gasteiger partial charge < -0.3 is 20.1 Å². The van der Waals surface area contributed by atoms with Gasteiger partial charge in [0.25, 0.3) is 0 Å². The van der Waals surface area contributed by atoms with Crippen molar-refractivity contribution in [2.75, 3.05) is 13.2 Å². The second-order valence-corrected chi connectivity index (χ2v) is 10.7. The van der Waals surface area contributed by atoms with Gasteiger partial charge in [-0.3, -0.25) is 9.59 Å². The lowest BCUT2D eigenvalue weighted by Gasteiger charge is -2.31. The number of hydrogen-bond donors (Lipinski definition) is 2. The number of rotatable bonds is 9. The molecule has 0 radical (unpaired) electrons. The van der Waals surface area contributed by atoms with E-state index in [1.807, 2.05) is 54.6 Å². The van der Waals surface area contributed by atoms with Crippen LogP contribution in [-0.4, -0.2) is 47.2 Å². The number of aliphatic carboxylic acids is 1. The standard InChI is InChI=1S/C33H36N2O5/c36-31(37)19-20-35(21-23-11-3-1-4-12-23)32(38)28-17-5-2-6-18-30(28)34-33(39)40-22-29-26-15-9-7-13-24(26)25-14-8-10-16-27(25)29/h1,3-4,7-16,28-30H,2,5-6,17-22H2,(H,34,39)(H,36,37)/t28-,30+/m1/s1. The number of fused-ring (bicyclic) bond motifs is 3. The predicted molar refractivity (Wildman–Crippen MR) is 153 cm³/mol. The molecule has 0 unspecified atom stereocenters. The highest BCUT2D eigenvalue weighted by molar-refractivity contribution is 5.81. The summed E-state index contributed by atoms with van der Waals surface area (Å²) in [6, 6.07) is 25.6. The van der Waals surface area contributed by atoms with Gasteiger partial charge in [-0.1, -0.05) is 98.1 Å². The van der Waals surface area contributed by atoms with Crippen LogP contribution in [0.25, 0.3) is 11.1 Å². The summed E-state index contributed by atoms with van der Waals surface area (Å²) in [6.45, 7) is 0.669. The zero-order valence-corrected chi connectivity index (χ0v) is 22.6. The fourth-order valence-electron chi connectivity index (χ4n) is 6.10. The Morgan fingerprint density at radius 2 is 1.45 bits per heavy atom. The van der Waals surface area contributed by atoms with Gasteiger partial charge in [-0.05, 0) is 40.7 Å². The Bertz CT molecular complexity index is 1300. The molecule has 0 bridgehead atoms. The molecule has 0 aromatic heterocycles. The Labute approximate surface area is 235 Å². The van der Waals surface area contributed by atoms with Crippen LogP contribution < -0.4 is 5.32 Å². The summed E-state index contributed by atoms with van der Waals surface area (Å²) in [6.07, 6.45) is 3.45. The molecule has 2 atom stereocenters. The molecule has 1 fully saturated rings. The van der Waals surface area contributed by atoms with Crippen molar-refractivity contribution in [1.29, 1.82) is 0 Å². The first-order valence-electron chi connectivity index (χ1n) is 14.2. The highest BCUT2D eigenvalue weighted by atomic mass is 16.5. The number of carboxylic acid groups (broad SMARTS) is 1. The summed E-state index contributed by atoms with van der Waals surface area (Å²) < 4.78 is 5.79. The molecule has 5 rings (SSSR count). The maximum atomic E-state index is 13.8. The molecule has 0 heterocycles. The molecule has 2 aliphatic rings. The van der Waals surface area contributed by atoms with Crippen LogP contribution in [-0.2, 0) is 20.9 Å². The fraction of sp³-hybridized carbons (Fsp3) is 0.364. The Morgan fingerprint density at radius 3 is 2.12 bits per heavy atom. The second-order valence-electron chi connectivity index (χ2n) is 10.7. The Morgan fingerprint density at radius 1 is 0.825 bits per heavy atom. The third-order valence-electron chi connectivity index (χ3n) is 8.10. The van der Waals surface area contributed by atoms with Crippen molar-refractivity contribution in [3.05, 3.63) is 95.6 Å². The number of carboxylic acids is 1. The van der Waals surface area contributed by atoms with E-state index in [0.29, 0.717) is 19.4 Å². The molecule has 2 N–H and O–H groups in total. The average Bonchev–Trinajstić information content (AvgIpc) is 3.10. The molecule has 208 valence electrons. The van der Waals surface area contributed by atoms with Crippen LogP contribution in [0.15, 0.2) is 78.9 Å². The molecule has 0 spiro atoms. The summed E-state index contributed by atoms with van der Waals surface area (Å²) >= 11 is 0. The molecule has 7 nitrogen and oxygen atoms in total. The normalized spacial score (nSPS) is 18.2. The topological polar surface area (TPSA) is 95.9 Å². The van der Waals surface area contributed by atoms with E-state index in [0.717, 1.165) is 36.0 Å². The van der Waals surface area contributed by atoms with Crippen molar-refractivity contribution in [3.63, 3.8) is 0 Å². The fourth-order valence-corrected chi connectivity index (χ4v) is 6.10. The van der Waals surface area contributed by atoms with E-state index >= 15 is 0 Å². The van der Waals surface area contributed by atoms with E-state index < -0.39 is 18.0 Å². The minimum atomic E-state index is -0.944. The molecule has 3 aromatic rings. The Kier molecular flexibility index (Phi) is 8.79. The second kappa shape index (κ2) is 12.8. The molecular weight excluding hydrogens is 504 g/mol. The number of hydrogen-bond acceptors (Lipinski definition) is 4.